The van der Waals surface area contributed by atoms with Crippen LogP contribution in [0.3, 0.4) is 0 Å². The van der Waals surface area contributed by atoms with Crippen molar-refractivity contribution in [2.24, 2.45) is 0 Å². The largest absolute Gasteiger partial charge is 0.468 e. The van der Waals surface area contributed by atoms with Crippen LogP contribution in [0.4, 0.5) is 0 Å². The van der Waals surface area contributed by atoms with Crippen molar-refractivity contribution in [3.8, 4) is 0 Å². The van der Waals surface area contributed by atoms with Gasteiger partial charge in [-0.1, -0.05) is 0 Å². The fourth-order valence-corrected chi connectivity index (χ4v) is 2.88. The fraction of sp³-hybridized carbons (Fsp3) is 0.667. The van der Waals surface area contributed by atoms with E-state index in [1.54, 1.807) is 6.26 Å². The highest BCUT2D eigenvalue weighted by atomic mass is 16.5. The zero-order chi connectivity index (χ0) is 14.5. The van der Waals surface area contributed by atoms with Crippen molar-refractivity contribution < 1.29 is 18.7 Å². The van der Waals surface area contributed by atoms with Gasteiger partial charge in [0.05, 0.1) is 25.5 Å². The quantitative estimate of drug-likeness (QED) is 0.876. The van der Waals surface area contributed by atoms with E-state index in [0.717, 1.165) is 44.9 Å². The lowest BCUT2D eigenvalue weighted by molar-refractivity contribution is -0.130. The Morgan fingerprint density at radius 3 is 2.90 bits per heavy atom. The molecule has 2 fully saturated rings. The number of nitrogens with one attached hydrogen (secondary N) is 1. The van der Waals surface area contributed by atoms with Crippen LogP contribution in [-0.2, 0) is 14.3 Å². The summed E-state index contributed by atoms with van der Waals surface area (Å²) in [5, 5.41) is 3.00. The third-order valence-corrected chi connectivity index (χ3v) is 4.05. The molecule has 1 aromatic rings. The highest BCUT2D eigenvalue weighted by molar-refractivity contribution is 5.81. The molecule has 2 aliphatic rings. The first-order chi connectivity index (χ1) is 10.3. The summed E-state index contributed by atoms with van der Waals surface area (Å²) in [4.78, 5) is 14.4. The van der Waals surface area contributed by atoms with Crippen LogP contribution in [0.5, 0.6) is 0 Å². The van der Waals surface area contributed by atoms with E-state index in [0.29, 0.717) is 13.2 Å². The Morgan fingerprint density at radius 2 is 2.24 bits per heavy atom. The minimum absolute atomic E-state index is 0.0164. The van der Waals surface area contributed by atoms with Crippen LogP contribution in [-0.4, -0.2) is 56.4 Å². The first-order valence-electron chi connectivity index (χ1n) is 7.59. The van der Waals surface area contributed by atoms with Gasteiger partial charge in [-0.15, -0.1) is 0 Å². The van der Waals surface area contributed by atoms with Crippen LogP contribution in [0.25, 0.3) is 0 Å². The topological polar surface area (TPSA) is 63.9 Å². The monoisotopic (exact) mass is 294 g/mol. The van der Waals surface area contributed by atoms with Crippen LogP contribution < -0.4 is 5.32 Å². The Morgan fingerprint density at radius 1 is 1.38 bits per heavy atom. The van der Waals surface area contributed by atoms with E-state index >= 15 is 0 Å². The van der Waals surface area contributed by atoms with E-state index in [2.05, 4.69) is 10.2 Å². The average Bonchev–Trinajstić information content (AvgIpc) is 3.22. The summed E-state index contributed by atoms with van der Waals surface area (Å²) in [5.41, 5.74) is 0. The molecule has 1 N–H and O–H groups in total. The van der Waals surface area contributed by atoms with Crippen molar-refractivity contribution in [3.63, 3.8) is 0 Å². The summed E-state index contributed by atoms with van der Waals surface area (Å²) in [6, 6.07) is 3.89. The van der Waals surface area contributed by atoms with Crippen molar-refractivity contribution in [1.29, 1.82) is 0 Å². The van der Waals surface area contributed by atoms with Crippen LogP contribution in [0.15, 0.2) is 22.8 Å². The Balaban J connectivity index is 1.60. The van der Waals surface area contributed by atoms with Gasteiger partial charge >= 0.3 is 0 Å². The summed E-state index contributed by atoms with van der Waals surface area (Å²) in [7, 11) is 0. The van der Waals surface area contributed by atoms with Gasteiger partial charge in [0, 0.05) is 26.2 Å². The molecule has 21 heavy (non-hydrogen) atoms. The Labute approximate surface area is 124 Å². The highest BCUT2D eigenvalue weighted by Gasteiger charge is 2.28. The maximum Gasteiger partial charge on any atom is 0.249 e. The number of ether oxygens (including phenoxy) is 2. The van der Waals surface area contributed by atoms with Crippen molar-refractivity contribution in [2.75, 3.05) is 39.5 Å². The van der Waals surface area contributed by atoms with Gasteiger partial charge in [0.2, 0.25) is 5.91 Å². The molecule has 2 atom stereocenters. The lowest BCUT2D eigenvalue weighted by atomic mass is 10.1. The second kappa shape index (κ2) is 7.06. The lowest BCUT2D eigenvalue weighted by Gasteiger charge is -2.33. The van der Waals surface area contributed by atoms with E-state index in [1.165, 1.54) is 0 Å². The molecule has 0 radical (unpaired) electrons. The van der Waals surface area contributed by atoms with E-state index in [1.807, 2.05) is 12.1 Å². The Kier molecular flexibility index (Phi) is 4.90. The van der Waals surface area contributed by atoms with E-state index in [-0.39, 0.29) is 18.1 Å². The van der Waals surface area contributed by atoms with Crippen LogP contribution >= 0.6 is 0 Å². The van der Waals surface area contributed by atoms with Gasteiger partial charge in [-0.25, -0.2) is 0 Å². The average molecular weight is 294 g/mol. The number of carbonyl (C=O) groups excluding carboxylic acids is 1. The molecule has 116 valence electrons. The first-order valence-corrected chi connectivity index (χ1v) is 7.59. The normalized spacial score (nSPS) is 24.9. The van der Waals surface area contributed by atoms with Crippen molar-refractivity contribution in [1.82, 2.24) is 10.2 Å². The second-order valence-corrected chi connectivity index (χ2v) is 5.43. The lowest BCUT2D eigenvalue weighted by Crippen LogP contribution is -2.45. The van der Waals surface area contributed by atoms with Gasteiger partial charge < -0.3 is 19.2 Å². The SMILES string of the molecule is O=C(NCC(c1ccco1)N1CCOCC1)C1CCCO1. The van der Waals surface area contributed by atoms with E-state index in [4.69, 9.17) is 13.9 Å². The molecule has 0 bridgehead atoms. The molecule has 6 nitrogen and oxygen atoms in total. The summed E-state index contributed by atoms with van der Waals surface area (Å²) in [6.45, 7) is 4.35. The Bertz CT molecular complexity index is 437. The van der Waals surface area contributed by atoms with Gasteiger partial charge in [-0.05, 0) is 25.0 Å². The first kappa shape index (κ1) is 14.6. The third kappa shape index (κ3) is 3.64. The molecule has 3 rings (SSSR count). The molecular weight excluding hydrogens is 272 g/mol. The van der Waals surface area contributed by atoms with Crippen molar-refractivity contribution >= 4 is 5.91 Å². The van der Waals surface area contributed by atoms with E-state index in [9.17, 15) is 4.79 Å². The summed E-state index contributed by atoms with van der Waals surface area (Å²) < 4.78 is 16.4. The standard InChI is InChI=1S/C15H22N2O4/c18-15(14-4-2-8-21-14)16-11-12(13-3-1-7-20-13)17-5-9-19-10-6-17/h1,3,7,12,14H,2,4-6,8-11H2,(H,16,18). The third-order valence-electron chi connectivity index (χ3n) is 4.05. The zero-order valence-corrected chi connectivity index (χ0v) is 12.1. The smallest absolute Gasteiger partial charge is 0.249 e. The molecule has 2 unspecified atom stereocenters. The maximum absolute atomic E-state index is 12.1. The number of hydrogen-bond donors (Lipinski definition) is 1. The predicted octanol–water partition coefficient (Wildman–Crippen LogP) is 0.948. The summed E-state index contributed by atoms with van der Waals surface area (Å²) >= 11 is 0. The molecule has 2 saturated heterocycles. The number of rotatable bonds is 5. The molecular formula is C15H22N2O4. The number of morpholine rings is 1. The number of carbonyl (C=O) groups is 1. The number of furan rings is 1. The summed E-state index contributed by atoms with van der Waals surface area (Å²) in [6.07, 6.45) is 3.16. The fourth-order valence-electron chi connectivity index (χ4n) is 2.88. The molecule has 0 saturated carbocycles. The second-order valence-electron chi connectivity index (χ2n) is 5.43. The molecule has 3 heterocycles. The van der Waals surface area contributed by atoms with Crippen LogP contribution in [0.1, 0.15) is 24.6 Å². The number of hydrogen-bond acceptors (Lipinski definition) is 5. The molecule has 1 amide bonds. The molecule has 1 aromatic heterocycles. The van der Waals surface area contributed by atoms with Crippen LogP contribution in [0, 0.1) is 0 Å². The number of amides is 1. The van der Waals surface area contributed by atoms with Gasteiger partial charge in [0.15, 0.2) is 0 Å². The molecule has 0 spiro atoms. The predicted molar refractivity (Wildman–Crippen MR) is 75.8 cm³/mol. The molecule has 0 aromatic carbocycles. The van der Waals surface area contributed by atoms with E-state index < -0.39 is 0 Å². The zero-order valence-electron chi connectivity index (χ0n) is 12.1. The molecule has 2 aliphatic heterocycles. The number of nitrogens with zero attached hydrogens (tertiary/aromatic N) is 1. The van der Waals surface area contributed by atoms with Gasteiger partial charge in [-0.3, -0.25) is 9.69 Å². The minimum Gasteiger partial charge on any atom is -0.468 e. The summed E-state index contributed by atoms with van der Waals surface area (Å²) in [5.74, 6) is 0.863. The van der Waals surface area contributed by atoms with Crippen molar-refractivity contribution in [2.45, 2.75) is 25.0 Å². The molecule has 0 aliphatic carbocycles. The van der Waals surface area contributed by atoms with Gasteiger partial charge in [-0.2, -0.15) is 0 Å². The maximum atomic E-state index is 12.1. The van der Waals surface area contributed by atoms with Crippen LogP contribution in [0.2, 0.25) is 0 Å². The van der Waals surface area contributed by atoms with Gasteiger partial charge in [0.25, 0.3) is 0 Å². The van der Waals surface area contributed by atoms with Gasteiger partial charge in [0.1, 0.15) is 11.9 Å². The highest BCUT2D eigenvalue weighted by Crippen LogP contribution is 2.22. The minimum atomic E-state index is -0.285. The molecule has 6 heteroatoms. The Hall–Kier alpha value is -1.37. The van der Waals surface area contributed by atoms with Crippen molar-refractivity contribution in [3.05, 3.63) is 24.2 Å².